The number of amides is 1. The summed E-state index contributed by atoms with van der Waals surface area (Å²) in [5.41, 5.74) is 4.08. The molecule has 1 aliphatic heterocycles. The van der Waals surface area contributed by atoms with Crippen LogP contribution in [0, 0.1) is 17.8 Å². The maximum absolute atomic E-state index is 15.3. The molecule has 1 fully saturated rings. The molecule has 11 nitrogen and oxygen atoms in total. The third-order valence-corrected chi connectivity index (χ3v) is 14.7. The molecule has 0 bridgehead atoms. The molecule has 2 aliphatic carbocycles. The van der Waals surface area contributed by atoms with E-state index >= 15 is 4.79 Å². The molecule has 6 unspecified atom stereocenters. The quantitative estimate of drug-likeness (QED) is 0.0226. The minimum atomic E-state index is -1.46. The maximum Gasteiger partial charge on any atom is 0.410 e. The number of aliphatic hydroxyl groups is 2. The van der Waals surface area contributed by atoms with Crippen LogP contribution in [0.4, 0.5) is 4.79 Å². The third kappa shape index (κ3) is 13.3. The molecular weight excluding hydrogens is 893 g/mol. The first kappa shape index (κ1) is 53.3. The van der Waals surface area contributed by atoms with E-state index in [1.54, 1.807) is 24.3 Å². The monoisotopic (exact) mass is 971 g/mol. The van der Waals surface area contributed by atoms with Gasteiger partial charge in [-0.05, 0) is 103 Å². The predicted octanol–water partition coefficient (Wildman–Crippen LogP) is 13.7. The first-order valence-electron chi connectivity index (χ1n) is 26.7. The number of oxime groups is 1. The smallest absolute Gasteiger partial charge is 0.410 e. The Bertz CT molecular complexity index is 2390. The SMILES string of the molecule is C=CCOC12Oc3ccc(Oc4cccc(C=O)c4)cc3C3C(CCCCO)C(CCCCO)C=C(C(=NOCC)CC1N(Cc1cccc4ccccc14)C(=O)OCCCCCCCCCCCC)C32. The van der Waals surface area contributed by atoms with Crippen LogP contribution in [0.3, 0.4) is 0 Å². The average molecular weight is 971 g/mol. The molecule has 3 aliphatic rings. The van der Waals surface area contributed by atoms with Crippen LogP contribution in [0.1, 0.15) is 150 Å². The number of carbonyl (C=O) groups is 2. The molecule has 4 aromatic carbocycles. The standard InChI is InChI=1S/C60H78N2O9/c1-4-7-8-9-10-11-12-13-14-21-37-67-59(66)62(42-47-28-23-27-45-25-15-16-30-50(45)47)56-41-54(61-69-6-3)52-39-46(26-17-19-34-63)51(31-18-20-35-64)57-53-40-49(70-48-29-22-24-44(38-48)43-65)32-33-55(53)71-60(56,58(52)57)68-36-5-2/h5,15-16,22-25,27-30,32-33,38-40,43,46,51,56-58,63-64H,2,4,6-14,17-21,26,31,34-37,41-42H2,1,3H3. The topological polar surface area (TPSA) is 136 Å². The van der Waals surface area contributed by atoms with Crippen molar-refractivity contribution in [3.63, 3.8) is 0 Å². The molecule has 1 amide bonds. The summed E-state index contributed by atoms with van der Waals surface area (Å²) >= 11 is 0. The van der Waals surface area contributed by atoms with E-state index in [0.717, 1.165) is 84.4 Å². The van der Waals surface area contributed by atoms with Gasteiger partial charge in [-0.2, -0.15) is 0 Å². The zero-order valence-corrected chi connectivity index (χ0v) is 42.3. The lowest BCUT2D eigenvalue weighted by Crippen LogP contribution is -2.70. The van der Waals surface area contributed by atoms with Crippen LogP contribution in [-0.2, 0) is 20.9 Å². The second-order valence-electron chi connectivity index (χ2n) is 19.5. The number of fused-ring (bicyclic) bond motifs is 3. The van der Waals surface area contributed by atoms with Gasteiger partial charge in [-0.1, -0.05) is 149 Å². The zero-order chi connectivity index (χ0) is 49.8. The van der Waals surface area contributed by atoms with E-state index < -0.39 is 23.8 Å². The van der Waals surface area contributed by atoms with E-state index in [-0.39, 0.29) is 57.1 Å². The molecule has 1 heterocycles. The number of benzene rings is 4. The van der Waals surface area contributed by atoms with Crippen LogP contribution in [0.2, 0.25) is 0 Å². The summed E-state index contributed by atoms with van der Waals surface area (Å²) in [7, 11) is 0. The van der Waals surface area contributed by atoms with E-state index in [2.05, 4.69) is 49.9 Å². The number of allylic oxidation sites excluding steroid dienone is 1. The Morgan fingerprint density at radius 3 is 2.30 bits per heavy atom. The molecule has 4 aromatic rings. The molecule has 0 radical (unpaired) electrons. The molecule has 0 spiro atoms. The summed E-state index contributed by atoms with van der Waals surface area (Å²) < 4.78 is 27.6. The number of hydrogen-bond acceptors (Lipinski definition) is 10. The minimum absolute atomic E-state index is 0.0268. The Labute approximate surface area is 422 Å². The van der Waals surface area contributed by atoms with Gasteiger partial charge in [0.05, 0.1) is 31.4 Å². The van der Waals surface area contributed by atoms with Crippen molar-refractivity contribution in [3.05, 3.63) is 126 Å². The second kappa shape index (κ2) is 27.4. The highest BCUT2D eigenvalue weighted by Crippen LogP contribution is 2.62. The molecule has 11 heteroatoms. The first-order chi connectivity index (χ1) is 34.9. The third-order valence-electron chi connectivity index (χ3n) is 14.7. The summed E-state index contributed by atoms with van der Waals surface area (Å²) in [6.07, 6.45) is 20.9. The number of unbranched alkanes of at least 4 members (excludes halogenated alkanes) is 11. The number of nitrogens with zero attached hydrogens (tertiary/aromatic N) is 2. The summed E-state index contributed by atoms with van der Waals surface area (Å²) in [4.78, 5) is 34.8. The second-order valence-corrected chi connectivity index (χ2v) is 19.5. The molecular formula is C60H78N2O9. The van der Waals surface area contributed by atoms with Gasteiger partial charge < -0.3 is 34.0 Å². The lowest BCUT2D eigenvalue weighted by atomic mass is 9.55. The Morgan fingerprint density at radius 1 is 0.831 bits per heavy atom. The summed E-state index contributed by atoms with van der Waals surface area (Å²) in [5.74, 6) is -0.386. The fourth-order valence-corrected chi connectivity index (χ4v) is 11.4. The van der Waals surface area contributed by atoms with Crippen molar-refractivity contribution >= 4 is 28.9 Å². The first-order valence-corrected chi connectivity index (χ1v) is 26.7. The number of aliphatic hydroxyl groups excluding tert-OH is 2. The van der Waals surface area contributed by atoms with Crippen LogP contribution >= 0.6 is 0 Å². The molecule has 382 valence electrons. The van der Waals surface area contributed by atoms with Gasteiger partial charge in [0.25, 0.3) is 0 Å². The van der Waals surface area contributed by atoms with Gasteiger partial charge >= 0.3 is 6.09 Å². The molecule has 0 saturated heterocycles. The highest BCUT2D eigenvalue weighted by atomic mass is 16.7. The number of rotatable bonds is 30. The zero-order valence-electron chi connectivity index (χ0n) is 42.3. The van der Waals surface area contributed by atoms with Crippen molar-refractivity contribution in [2.24, 2.45) is 22.9 Å². The summed E-state index contributed by atoms with van der Waals surface area (Å²) in [6, 6.07) is 26.6. The Kier molecular flexibility index (Phi) is 20.5. The van der Waals surface area contributed by atoms with Crippen molar-refractivity contribution < 1.29 is 43.6 Å². The fourth-order valence-electron chi connectivity index (χ4n) is 11.4. The Balaban J connectivity index is 1.35. The minimum Gasteiger partial charge on any atom is -0.459 e. The van der Waals surface area contributed by atoms with E-state index in [1.165, 1.54) is 44.9 Å². The Hall–Kier alpha value is -5.49. The molecule has 1 saturated carbocycles. The number of hydrogen-bond donors (Lipinski definition) is 2. The van der Waals surface area contributed by atoms with Gasteiger partial charge in [0.15, 0.2) is 0 Å². The average Bonchev–Trinajstić information content (AvgIpc) is 3.39. The highest BCUT2D eigenvalue weighted by Gasteiger charge is 2.65. The van der Waals surface area contributed by atoms with Gasteiger partial charge in [-0.15, -0.1) is 6.58 Å². The van der Waals surface area contributed by atoms with Crippen molar-refractivity contribution in [1.82, 2.24) is 4.90 Å². The number of aldehydes is 1. The van der Waals surface area contributed by atoms with Crippen molar-refractivity contribution in [2.75, 3.05) is 33.0 Å². The highest BCUT2D eigenvalue weighted by molar-refractivity contribution is 6.03. The van der Waals surface area contributed by atoms with Crippen LogP contribution < -0.4 is 9.47 Å². The van der Waals surface area contributed by atoms with E-state index in [0.29, 0.717) is 42.3 Å². The number of ether oxygens (including phenoxy) is 4. The van der Waals surface area contributed by atoms with Crippen LogP contribution in [-0.4, -0.2) is 78.1 Å². The van der Waals surface area contributed by atoms with Gasteiger partial charge in [0.1, 0.15) is 36.2 Å². The van der Waals surface area contributed by atoms with Gasteiger partial charge in [-0.3, -0.25) is 9.69 Å². The van der Waals surface area contributed by atoms with Crippen molar-refractivity contribution in [1.29, 1.82) is 0 Å². The van der Waals surface area contributed by atoms with Crippen molar-refractivity contribution in [2.45, 2.75) is 147 Å². The lowest BCUT2D eigenvalue weighted by molar-refractivity contribution is -0.256. The summed E-state index contributed by atoms with van der Waals surface area (Å²) in [6.45, 7) is 9.45. The molecule has 7 rings (SSSR count). The lowest BCUT2D eigenvalue weighted by Gasteiger charge is -2.59. The van der Waals surface area contributed by atoms with Gasteiger partial charge in [0.2, 0.25) is 5.79 Å². The molecule has 0 aromatic heterocycles. The van der Waals surface area contributed by atoms with E-state index in [9.17, 15) is 15.0 Å². The Morgan fingerprint density at radius 2 is 1.55 bits per heavy atom. The van der Waals surface area contributed by atoms with Crippen molar-refractivity contribution in [3.8, 4) is 17.2 Å². The molecule has 71 heavy (non-hydrogen) atoms. The molecule has 6 atom stereocenters. The maximum atomic E-state index is 15.3. The summed E-state index contributed by atoms with van der Waals surface area (Å²) in [5, 5.41) is 27.1. The van der Waals surface area contributed by atoms with Gasteiger partial charge in [-0.25, -0.2) is 4.79 Å². The van der Waals surface area contributed by atoms with E-state index in [4.69, 9.17) is 28.9 Å². The van der Waals surface area contributed by atoms with Crippen LogP contribution in [0.15, 0.2) is 114 Å². The van der Waals surface area contributed by atoms with Crippen LogP contribution in [0.25, 0.3) is 10.8 Å². The fraction of sp³-hybridized carbons (Fsp3) is 0.517. The van der Waals surface area contributed by atoms with Crippen LogP contribution in [0.5, 0.6) is 17.2 Å². The number of carbonyl (C=O) groups excluding carboxylic acids is 2. The largest absolute Gasteiger partial charge is 0.459 e. The predicted molar refractivity (Wildman–Crippen MR) is 281 cm³/mol. The molecule has 2 N–H and O–H groups in total. The van der Waals surface area contributed by atoms with E-state index in [1.807, 2.05) is 48.2 Å². The van der Waals surface area contributed by atoms with Gasteiger partial charge in [0, 0.05) is 36.7 Å². The normalized spacial score (nSPS) is 21.7.